The molecule has 2 N–H and O–H groups in total. The highest BCUT2D eigenvalue weighted by Crippen LogP contribution is 2.20. The highest BCUT2D eigenvalue weighted by atomic mass is 32.1. The molecule has 0 spiro atoms. The Morgan fingerprint density at radius 2 is 1.62 bits per heavy atom. The topological polar surface area (TPSA) is 122 Å². The number of rotatable bonds is 17. The van der Waals surface area contributed by atoms with E-state index in [1.165, 1.54) is 11.3 Å². The Labute approximate surface area is 269 Å². The second kappa shape index (κ2) is 17.3. The lowest BCUT2D eigenvalue weighted by atomic mass is 10.0. The summed E-state index contributed by atoms with van der Waals surface area (Å²) < 4.78 is 5.69. The zero-order valence-electron chi connectivity index (χ0n) is 26.5. The van der Waals surface area contributed by atoms with E-state index in [1.807, 2.05) is 61.6 Å². The molecule has 0 fully saturated rings. The van der Waals surface area contributed by atoms with E-state index in [1.54, 1.807) is 18.1 Å². The number of nitrogens with zero attached hydrogens (tertiary/aromatic N) is 5. The molecule has 1 unspecified atom stereocenters. The number of benzene rings is 2. The Morgan fingerprint density at radius 1 is 0.867 bits per heavy atom. The average molecular weight is 630 g/mol. The van der Waals surface area contributed by atoms with Crippen molar-refractivity contribution >= 4 is 34.1 Å². The van der Waals surface area contributed by atoms with Gasteiger partial charge in [0.05, 0.1) is 18.5 Å². The molecule has 45 heavy (non-hydrogen) atoms. The minimum Gasteiger partial charge on any atom is -0.361 e. The molecule has 0 aliphatic carbocycles. The summed E-state index contributed by atoms with van der Waals surface area (Å²) in [6.45, 7) is 4.97. The van der Waals surface area contributed by atoms with Crippen LogP contribution in [0.3, 0.4) is 0 Å². The van der Waals surface area contributed by atoms with Crippen LogP contribution >= 0.6 is 11.3 Å². The molecule has 2 aromatic heterocycles. The molecule has 11 heteroatoms. The second-order valence-electron chi connectivity index (χ2n) is 11.6. The summed E-state index contributed by atoms with van der Waals surface area (Å²) in [6, 6.07) is 21.4. The van der Waals surface area contributed by atoms with E-state index in [9.17, 15) is 9.59 Å². The summed E-state index contributed by atoms with van der Waals surface area (Å²) in [6.07, 6.45) is 4.52. The van der Waals surface area contributed by atoms with Crippen LogP contribution in [0.2, 0.25) is 0 Å². The first kappa shape index (κ1) is 33.7. The van der Waals surface area contributed by atoms with Crippen LogP contribution in [0, 0.1) is 5.92 Å². The Balaban J connectivity index is 1.17. The van der Waals surface area contributed by atoms with E-state index in [-0.39, 0.29) is 18.0 Å². The Bertz CT molecular complexity index is 1500. The number of carbonyl (C=O) groups excluding carboxylic acids is 2. The molecule has 1 atom stereocenters. The number of likely N-dealkylation sites (N-methyl/N-ethyl adjacent to an activating group) is 1. The second-order valence-corrected chi connectivity index (χ2v) is 12.6. The van der Waals surface area contributed by atoms with Gasteiger partial charge >= 0.3 is 0 Å². The van der Waals surface area contributed by atoms with E-state index < -0.39 is 0 Å². The van der Waals surface area contributed by atoms with E-state index in [0.717, 1.165) is 59.6 Å². The molecule has 0 aliphatic heterocycles. The summed E-state index contributed by atoms with van der Waals surface area (Å²) in [5.74, 6) is 0.894. The molecule has 0 radical (unpaired) electrons. The summed E-state index contributed by atoms with van der Waals surface area (Å²) in [5, 5.41) is 24.9. The van der Waals surface area contributed by atoms with Crippen LogP contribution < -0.4 is 10.6 Å². The molecule has 0 saturated carbocycles. The number of amides is 2. The SMILES string of the molecule is COC(Cc1cccc(CC(=O)N(C)CC(C)C)c1)Nc1nnc(CCCCc2ccc(NC(=O)Cc3ccccc3)nn2)s1. The van der Waals surface area contributed by atoms with Crippen molar-refractivity contribution in [1.29, 1.82) is 0 Å². The third-order valence-electron chi connectivity index (χ3n) is 7.14. The van der Waals surface area contributed by atoms with Crippen LogP contribution in [0.4, 0.5) is 10.9 Å². The minimum atomic E-state index is -0.273. The number of ether oxygens (including phenoxy) is 1. The molecular weight excluding hydrogens is 586 g/mol. The van der Waals surface area contributed by atoms with Crippen LogP contribution in [0.5, 0.6) is 0 Å². The van der Waals surface area contributed by atoms with Crippen molar-refractivity contribution in [3.63, 3.8) is 0 Å². The molecular formula is C34H43N7O3S. The fourth-order valence-corrected chi connectivity index (χ4v) is 5.72. The Morgan fingerprint density at radius 3 is 2.36 bits per heavy atom. The van der Waals surface area contributed by atoms with E-state index >= 15 is 0 Å². The van der Waals surface area contributed by atoms with Crippen LogP contribution in [-0.4, -0.2) is 64.0 Å². The smallest absolute Gasteiger partial charge is 0.229 e. The molecule has 10 nitrogen and oxygen atoms in total. The zero-order chi connectivity index (χ0) is 32.0. The first-order valence-electron chi connectivity index (χ1n) is 15.4. The van der Waals surface area contributed by atoms with Gasteiger partial charge in [0.15, 0.2) is 5.82 Å². The van der Waals surface area contributed by atoms with Crippen LogP contribution in [-0.2, 0) is 46.4 Å². The fourth-order valence-electron chi connectivity index (χ4n) is 4.89. The highest BCUT2D eigenvalue weighted by Gasteiger charge is 2.15. The molecule has 0 saturated heterocycles. The molecule has 2 heterocycles. The maximum absolute atomic E-state index is 12.6. The molecule has 238 valence electrons. The number of aryl methyl sites for hydroxylation is 2. The highest BCUT2D eigenvalue weighted by molar-refractivity contribution is 7.15. The molecule has 4 rings (SSSR count). The lowest BCUT2D eigenvalue weighted by Gasteiger charge is -2.20. The third-order valence-corrected chi connectivity index (χ3v) is 8.05. The number of hydrogen-bond donors (Lipinski definition) is 2. The van der Waals surface area contributed by atoms with Gasteiger partial charge < -0.3 is 20.3 Å². The van der Waals surface area contributed by atoms with Gasteiger partial charge in [-0.3, -0.25) is 9.59 Å². The number of methoxy groups -OCH3 is 1. The largest absolute Gasteiger partial charge is 0.361 e. The summed E-state index contributed by atoms with van der Waals surface area (Å²) in [4.78, 5) is 26.6. The number of aromatic nitrogens is 4. The lowest BCUT2D eigenvalue weighted by Crippen LogP contribution is -2.31. The van der Waals surface area contributed by atoms with E-state index in [0.29, 0.717) is 36.1 Å². The number of hydrogen-bond acceptors (Lipinski definition) is 9. The monoisotopic (exact) mass is 629 g/mol. The zero-order valence-corrected chi connectivity index (χ0v) is 27.3. The van der Waals surface area contributed by atoms with Gasteiger partial charge in [0.1, 0.15) is 11.2 Å². The molecule has 2 amide bonds. The van der Waals surface area contributed by atoms with Gasteiger partial charge in [0.25, 0.3) is 0 Å². The quantitative estimate of drug-likeness (QED) is 0.118. The van der Waals surface area contributed by atoms with Gasteiger partial charge in [0, 0.05) is 33.5 Å². The standard InChI is InChI=1S/C34H43N7O3S/c1-24(2)23-41(3)33(43)22-27-14-10-13-26(19-27)21-31(44-4)36-34-40-39-32(45-34)16-9-8-15-28-17-18-29(38-37-28)35-30(42)20-25-11-6-5-7-12-25/h5-7,10-14,17-19,24,31H,8-9,15-16,20-23H2,1-4H3,(H,36,40)(H,35,38,42). The summed E-state index contributed by atoms with van der Waals surface area (Å²) in [7, 11) is 3.53. The molecule has 4 aromatic rings. The third kappa shape index (κ3) is 11.7. The maximum Gasteiger partial charge on any atom is 0.229 e. The predicted octanol–water partition coefficient (Wildman–Crippen LogP) is 5.36. The lowest BCUT2D eigenvalue weighted by molar-refractivity contribution is -0.129. The first-order valence-corrected chi connectivity index (χ1v) is 16.2. The van der Waals surface area contributed by atoms with Gasteiger partial charge in [-0.1, -0.05) is 79.8 Å². The molecule has 0 bridgehead atoms. The number of anilines is 2. The fraction of sp³-hybridized carbons (Fsp3) is 0.412. The normalized spacial score (nSPS) is 11.8. The number of unbranched alkanes of at least 4 members (excludes halogenated alkanes) is 1. The molecule has 2 aromatic carbocycles. The number of carbonyl (C=O) groups is 2. The minimum absolute atomic E-state index is 0.117. The van der Waals surface area contributed by atoms with Gasteiger partial charge in [0.2, 0.25) is 16.9 Å². The van der Waals surface area contributed by atoms with Crippen molar-refractivity contribution < 1.29 is 14.3 Å². The van der Waals surface area contributed by atoms with Crippen molar-refractivity contribution in [2.45, 2.75) is 65.0 Å². The van der Waals surface area contributed by atoms with Gasteiger partial charge in [-0.2, -0.15) is 5.10 Å². The van der Waals surface area contributed by atoms with Crippen molar-refractivity contribution in [3.8, 4) is 0 Å². The number of nitrogens with one attached hydrogen (secondary N) is 2. The van der Waals surface area contributed by atoms with E-state index in [2.05, 4.69) is 50.9 Å². The van der Waals surface area contributed by atoms with Crippen molar-refractivity contribution in [1.82, 2.24) is 25.3 Å². The molecule has 0 aliphatic rings. The van der Waals surface area contributed by atoms with Crippen molar-refractivity contribution in [2.24, 2.45) is 5.92 Å². The van der Waals surface area contributed by atoms with Gasteiger partial charge in [-0.15, -0.1) is 15.3 Å². The van der Waals surface area contributed by atoms with Crippen molar-refractivity contribution in [3.05, 3.63) is 94.1 Å². The van der Waals surface area contributed by atoms with E-state index in [4.69, 9.17) is 4.74 Å². The maximum atomic E-state index is 12.6. The Kier molecular flexibility index (Phi) is 13.0. The van der Waals surface area contributed by atoms with Gasteiger partial charge in [-0.25, -0.2) is 0 Å². The first-order chi connectivity index (χ1) is 21.8. The van der Waals surface area contributed by atoms with Crippen LogP contribution in [0.25, 0.3) is 0 Å². The van der Waals surface area contributed by atoms with Crippen LogP contribution in [0.15, 0.2) is 66.7 Å². The van der Waals surface area contributed by atoms with Gasteiger partial charge in [-0.05, 0) is 54.0 Å². The van der Waals surface area contributed by atoms with Crippen molar-refractivity contribution in [2.75, 3.05) is 31.3 Å². The summed E-state index contributed by atoms with van der Waals surface area (Å²) >= 11 is 1.53. The predicted molar refractivity (Wildman–Crippen MR) is 178 cm³/mol. The Hall–Kier alpha value is -4.22. The average Bonchev–Trinajstić information content (AvgIpc) is 3.47. The van der Waals surface area contributed by atoms with Crippen LogP contribution in [0.1, 0.15) is 54.1 Å². The summed E-state index contributed by atoms with van der Waals surface area (Å²) in [5.41, 5.74) is 3.92.